The summed E-state index contributed by atoms with van der Waals surface area (Å²) in [6.07, 6.45) is 7.54. The summed E-state index contributed by atoms with van der Waals surface area (Å²) in [5.41, 5.74) is 4.30. The predicted octanol–water partition coefficient (Wildman–Crippen LogP) is 4.70. The minimum atomic E-state index is 0.00379. The van der Waals surface area contributed by atoms with Gasteiger partial charge < -0.3 is 15.1 Å². The molecule has 0 radical (unpaired) electrons. The number of fused-ring (bicyclic) bond motifs is 1. The van der Waals surface area contributed by atoms with Crippen LogP contribution in [-0.2, 0) is 4.79 Å². The molecule has 2 aromatic rings. The summed E-state index contributed by atoms with van der Waals surface area (Å²) < 4.78 is 0. The molecule has 2 fully saturated rings. The highest BCUT2D eigenvalue weighted by molar-refractivity contribution is 6.30. The van der Waals surface area contributed by atoms with Crippen LogP contribution in [0.15, 0.2) is 48.7 Å². The Morgan fingerprint density at radius 3 is 2.68 bits per heavy atom. The number of hydrogen-bond donors (Lipinski definition) is 1. The SMILES string of the molecule is CN1C[C@H]2CCN(c3ccc(NC(=O)C4CC=C(c5ccc(Cl)cn5)CC4)cc3)[C@H]2C1. The van der Waals surface area contributed by atoms with E-state index in [2.05, 4.69) is 45.4 Å². The van der Waals surface area contributed by atoms with E-state index in [1.165, 1.54) is 24.2 Å². The number of likely N-dealkylation sites (N-methyl/N-ethyl adjacent to an activating group) is 1. The molecule has 162 valence electrons. The summed E-state index contributed by atoms with van der Waals surface area (Å²) in [5.74, 6) is 0.895. The number of aromatic nitrogens is 1. The number of hydrogen-bond acceptors (Lipinski definition) is 4. The number of likely N-dealkylation sites (tertiary alicyclic amines) is 1. The van der Waals surface area contributed by atoms with E-state index in [0.717, 1.165) is 49.7 Å². The number of nitrogens with zero attached hydrogens (tertiary/aromatic N) is 3. The van der Waals surface area contributed by atoms with Gasteiger partial charge in [-0.2, -0.15) is 0 Å². The molecule has 2 aliphatic heterocycles. The molecule has 1 aliphatic carbocycles. The van der Waals surface area contributed by atoms with Crippen molar-refractivity contribution in [2.45, 2.75) is 31.7 Å². The van der Waals surface area contributed by atoms with Gasteiger partial charge in [0, 0.05) is 49.2 Å². The van der Waals surface area contributed by atoms with Gasteiger partial charge in [0.1, 0.15) is 0 Å². The average molecular weight is 437 g/mol. The Bertz CT molecular complexity index is 972. The summed E-state index contributed by atoms with van der Waals surface area (Å²) in [6, 6.07) is 12.8. The van der Waals surface area contributed by atoms with E-state index in [9.17, 15) is 4.79 Å². The Kier molecular flexibility index (Phi) is 5.72. The van der Waals surface area contributed by atoms with Gasteiger partial charge >= 0.3 is 0 Å². The molecule has 0 spiro atoms. The number of anilines is 2. The first-order valence-electron chi connectivity index (χ1n) is 11.2. The van der Waals surface area contributed by atoms with Crippen LogP contribution in [0.1, 0.15) is 31.4 Å². The van der Waals surface area contributed by atoms with E-state index in [0.29, 0.717) is 11.1 Å². The number of carbonyl (C=O) groups is 1. The lowest BCUT2D eigenvalue weighted by atomic mass is 9.87. The zero-order chi connectivity index (χ0) is 21.4. The number of pyridine rings is 1. The maximum atomic E-state index is 12.8. The summed E-state index contributed by atoms with van der Waals surface area (Å²) in [6.45, 7) is 3.49. The molecule has 3 heterocycles. The maximum absolute atomic E-state index is 12.8. The first kappa shape index (κ1) is 20.5. The standard InChI is InChI=1S/C25H29ClN4O/c1-29-15-19-12-13-30(24(19)16-29)22-9-7-21(8-10-22)28-25(31)18-4-2-17(3-5-18)23-11-6-20(26)14-27-23/h2,6-11,14,18-19,24H,3-5,12-13,15-16H2,1H3,(H,28,31)/t18?,19-,24+/m1/s1. The van der Waals surface area contributed by atoms with Gasteiger partial charge in [0.25, 0.3) is 0 Å². The Morgan fingerprint density at radius 2 is 1.97 bits per heavy atom. The molecule has 3 atom stereocenters. The number of benzene rings is 1. The van der Waals surface area contributed by atoms with Crippen molar-refractivity contribution in [3.8, 4) is 0 Å². The van der Waals surface area contributed by atoms with E-state index in [1.807, 2.05) is 24.3 Å². The summed E-state index contributed by atoms with van der Waals surface area (Å²) in [5, 5.41) is 3.76. The molecular weight excluding hydrogens is 408 g/mol. The van der Waals surface area contributed by atoms with Gasteiger partial charge in [0.2, 0.25) is 5.91 Å². The molecule has 2 saturated heterocycles. The maximum Gasteiger partial charge on any atom is 0.227 e. The van der Waals surface area contributed by atoms with Crippen molar-refractivity contribution in [3.63, 3.8) is 0 Å². The van der Waals surface area contributed by atoms with Gasteiger partial charge in [-0.1, -0.05) is 17.7 Å². The first-order valence-corrected chi connectivity index (χ1v) is 11.6. The van der Waals surface area contributed by atoms with E-state index in [-0.39, 0.29) is 11.8 Å². The van der Waals surface area contributed by atoms with Crippen LogP contribution in [-0.4, -0.2) is 48.5 Å². The monoisotopic (exact) mass is 436 g/mol. The van der Waals surface area contributed by atoms with Gasteiger partial charge in [-0.3, -0.25) is 9.78 Å². The lowest BCUT2D eigenvalue weighted by Crippen LogP contribution is -2.34. The highest BCUT2D eigenvalue weighted by Crippen LogP contribution is 2.35. The molecular formula is C25H29ClN4O. The normalized spacial score (nSPS) is 25.9. The highest BCUT2D eigenvalue weighted by Gasteiger charge is 2.39. The summed E-state index contributed by atoms with van der Waals surface area (Å²) >= 11 is 5.93. The van der Waals surface area contributed by atoms with Crippen molar-refractivity contribution in [1.82, 2.24) is 9.88 Å². The Hall–Kier alpha value is -2.37. The van der Waals surface area contributed by atoms with E-state index in [1.54, 1.807) is 6.20 Å². The molecule has 31 heavy (non-hydrogen) atoms. The van der Waals surface area contributed by atoms with Gasteiger partial charge in [-0.15, -0.1) is 0 Å². The molecule has 6 heteroatoms. The molecule has 1 amide bonds. The van der Waals surface area contributed by atoms with Gasteiger partial charge in [-0.05, 0) is 80.6 Å². The van der Waals surface area contributed by atoms with Gasteiger partial charge in [0.15, 0.2) is 0 Å². The van der Waals surface area contributed by atoms with Gasteiger partial charge in [-0.25, -0.2) is 0 Å². The molecule has 0 saturated carbocycles. The van der Waals surface area contributed by atoms with Crippen molar-refractivity contribution < 1.29 is 4.79 Å². The molecule has 1 N–H and O–H groups in total. The lowest BCUT2D eigenvalue weighted by Gasteiger charge is -2.26. The molecule has 1 aromatic heterocycles. The number of rotatable bonds is 4. The number of carbonyl (C=O) groups excluding carboxylic acids is 1. The number of nitrogens with one attached hydrogen (secondary N) is 1. The molecule has 1 aromatic carbocycles. The Labute approximate surface area is 189 Å². The molecule has 5 rings (SSSR count). The minimum absolute atomic E-state index is 0.00379. The van der Waals surface area contributed by atoms with Crippen molar-refractivity contribution >= 4 is 34.5 Å². The first-order chi connectivity index (χ1) is 15.1. The second-order valence-electron chi connectivity index (χ2n) is 9.13. The van der Waals surface area contributed by atoms with Crippen LogP contribution in [0.25, 0.3) is 5.57 Å². The van der Waals surface area contributed by atoms with Gasteiger partial charge in [0.05, 0.1) is 10.7 Å². The summed E-state index contributed by atoms with van der Waals surface area (Å²) in [7, 11) is 2.21. The third-order valence-electron chi connectivity index (χ3n) is 7.03. The van der Waals surface area contributed by atoms with E-state index >= 15 is 0 Å². The number of amides is 1. The fourth-order valence-electron chi connectivity index (χ4n) is 5.34. The quantitative estimate of drug-likeness (QED) is 0.754. The minimum Gasteiger partial charge on any atom is -0.367 e. The highest BCUT2D eigenvalue weighted by atomic mass is 35.5. The second kappa shape index (κ2) is 8.64. The zero-order valence-corrected chi connectivity index (χ0v) is 18.7. The van der Waals surface area contributed by atoms with Crippen LogP contribution < -0.4 is 10.2 Å². The van der Waals surface area contributed by atoms with Crippen LogP contribution in [0.4, 0.5) is 11.4 Å². The van der Waals surface area contributed by atoms with Crippen LogP contribution in [0, 0.1) is 11.8 Å². The molecule has 1 unspecified atom stereocenters. The van der Waals surface area contributed by atoms with Crippen molar-refractivity contribution in [2.75, 3.05) is 36.9 Å². The third kappa shape index (κ3) is 4.35. The predicted molar refractivity (Wildman–Crippen MR) is 126 cm³/mol. The Morgan fingerprint density at radius 1 is 1.13 bits per heavy atom. The average Bonchev–Trinajstić information content (AvgIpc) is 3.34. The van der Waals surface area contributed by atoms with Crippen LogP contribution in [0.2, 0.25) is 5.02 Å². The van der Waals surface area contributed by atoms with Crippen molar-refractivity contribution in [2.24, 2.45) is 11.8 Å². The van der Waals surface area contributed by atoms with Crippen molar-refractivity contribution in [1.29, 1.82) is 0 Å². The van der Waals surface area contributed by atoms with Crippen LogP contribution in [0.5, 0.6) is 0 Å². The number of halogens is 1. The second-order valence-corrected chi connectivity index (χ2v) is 9.57. The molecule has 0 bridgehead atoms. The van der Waals surface area contributed by atoms with Crippen LogP contribution >= 0.6 is 11.6 Å². The zero-order valence-electron chi connectivity index (χ0n) is 17.9. The molecule has 5 nitrogen and oxygen atoms in total. The smallest absolute Gasteiger partial charge is 0.227 e. The van der Waals surface area contributed by atoms with E-state index < -0.39 is 0 Å². The largest absolute Gasteiger partial charge is 0.367 e. The third-order valence-corrected chi connectivity index (χ3v) is 7.26. The lowest BCUT2D eigenvalue weighted by molar-refractivity contribution is -0.120. The molecule has 3 aliphatic rings. The summed E-state index contributed by atoms with van der Waals surface area (Å²) in [4.78, 5) is 22.2. The van der Waals surface area contributed by atoms with Crippen molar-refractivity contribution in [3.05, 3.63) is 59.4 Å². The topological polar surface area (TPSA) is 48.5 Å². The van der Waals surface area contributed by atoms with Crippen LogP contribution in [0.3, 0.4) is 0 Å². The number of allylic oxidation sites excluding steroid dienone is 2. The Balaban J connectivity index is 1.18. The fraction of sp³-hybridized carbons (Fsp3) is 0.440. The van der Waals surface area contributed by atoms with E-state index in [4.69, 9.17) is 11.6 Å². The fourth-order valence-corrected chi connectivity index (χ4v) is 5.46.